The number of para-hydroxylation sites is 1. The molecule has 0 aliphatic heterocycles. The summed E-state index contributed by atoms with van der Waals surface area (Å²) >= 11 is 0. The zero-order valence-corrected chi connectivity index (χ0v) is 27.4. The molecule has 0 bridgehead atoms. The maximum atomic E-state index is 10.1. The summed E-state index contributed by atoms with van der Waals surface area (Å²) in [5.74, 6) is 3.71. The van der Waals surface area contributed by atoms with E-state index in [1.807, 2.05) is 18.5 Å². The summed E-state index contributed by atoms with van der Waals surface area (Å²) in [6.07, 6.45) is 13.1. The van der Waals surface area contributed by atoms with Crippen LogP contribution in [0.1, 0.15) is 75.9 Å². The number of anilines is 1. The fourth-order valence-corrected chi connectivity index (χ4v) is 8.10. The number of nitrogens with one attached hydrogen (secondary N) is 3. The second-order valence-corrected chi connectivity index (χ2v) is 13.1. The highest BCUT2D eigenvalue weighted by Gasteiger charge is 2.42. The smallest absolute Gasteiger partial charge is 0.409 e. The number of hydrogen-bond acceptors (Lipinski definition) is 8. The van der Waals surface area contributed by atoms with E-state index in [1.54, 1.807) is 36.7 Å². The molecular weight excluding hydrogens is 622 g/mol. The molecule has 6 aromatic heterocycles. The first-order valence-electron chi connectivity index (χ1n) is 17.0. The Morgan fingerprint density at radius 2 is 1.29 bits per heavy atom. The molecule has 252 valence electrons. The van der Waals surface area contributed by atoms with E-state index in [4.69, 9.17) is 9.84 Å². The summed E-state index contributed by atoms with van der Waals surface area (Å²) in [6.45, 7) is 4.56. The van der Waals surface area contributed by atoms with Gasteiger partial charge in [0.1, 0.15) is 11.6 Å². The minimum Gasteiger partial charge on any atom is -0.465 e. The molecule has 0 unspecified atom stereocenters. The van der Waals surface area contributed by atoms with E-state index >= 15 is 0 Å². The van der Waals surface area contributed by atoms with Crippen LogP contribution >= 0.6 is 0 Å². The van der Waals surface area contributed by atoms with Crippen LogP contribution in [0.25, 0.3) is 33.6 Å². The lowest BCUT2D eigenvalue weighted by atomic mass is 9.93. The van der Waals surface area contributed by atoms with Gasteiger partial charge in [0, 0.05) is 29.9 Å². The van der Waals surface area contributed by atoms with E-state index in [-0.39, 0.29) is 12.2 Å². The summed E-state index contributed by atoms with van der Waals surface area (Å²) in [6, 6.07) is 12.9. The largest absolute Gasteiger partial charge is 0.465 e. The maximum absolute atomic E-state index is 10.1. The number of fused-ring (bicyclic) bond motifs is 6. The van der Waals surface area contributed by atoms with Crippen molar-refractivity contribution in [1.82, 2.24) is 49.1 Å². The molecule has 0 spiro atoms. The molecule has 2 aliphatic carbocycles. The number of rotatable bonds is 7. The van der Waals surface area contributed by atoms with Gasteiger partial charge in [-0.1, -0.05) is 44.9 Å². The number of H-pyrrole nitrogens is 2. The molecule has 7 aromatic rings. The Kier molecular flexibility index (Phi) is 8.15. The zero-order chi connectivity index (χ0) is 33.5. The van der Waals surface area contributed by atoms with E-state index < -0.39 is 6.09 Å². The van der Waals surface area contributed by atoms with E-state index in [9.17, 15) is 4.79 Å². The van der Waals surface area contributed by atoms with Crippen molar-refractivity contribution in [2.75, 3.05) is 5.32 Å². The molecule has 2 aliphatic rings. The quantitative estimate of drug-likeness (QED) is 0.147. The van der Waals surface area contributed by atoms with Crippen molar-refractivity contribution in [2.45, 2.75) is 76.4 Å². The van der Waals surface area contributed by atoms with E-state index in [1.165, 1.54) is 0 Å². The summed E-state index contributed by atoms with van der Waals surface area (Å²) in [5.41, 5.74) is 5.97. The molecular formula is C35H39N11O3. The second-order valence-electron chi connectivity index (χ2n) is 13.1. The van der Waals surface area contributed by atoms with Gasteiger partial charge in [-0.15, -0.1) is 20.4 Å². The predicted molar refractivity (Wildman–Crippen MR) is 184 cm³/mol. The van der Waals surface area contributed by atoms with Crippen LogP contribution in [0.4, 0.5) is 10.5 Å². The Labute approximate surface area is 281 Å². The van der Waals surface area contributed by atoms with Crippen LogP contribution in [0.3, 0.4) is 0 Å². The van der Waals surface area contributed by atoms with Crippen LogP contribution in [0.2, 0.25) is 0 Å². The van der Waals surface area contributed by atoms with E-state index in [0.717, 1.165) is 83.8 Å². The third-order valence-corrected chi connectivity index (χ3v) is 10.4. The molecule has 0 radical (unpaired) electrons. The molecule has 1 aromatic carbocycles. The van der Waals surface area contributed by atoms with Crippen molar-refractivity contribution < 1.29 is 14.6 Å². The minimum atomic E-state index is -1.04. The summed E-state index contributed by atoms with van der Waals surface area (Å²) in [5, 5.41) is 28.7. The van der Waals surface area contributed by atoms with Gasteiger partial charge in [0.15, 0.2) is 22.6 Å². The molecule has 14 heteroatoms. The monoisotopic (exact) mass is 661 g/mol. The maximum Gasteiger partial charge on any atom is 0.409 e. The molecule has 2 saturated carbocycles. The molecule has 4 N–H and O–H groups in total. The number of aromatic nitrogens is 10. The molecule has 0 saturated heterocycles. The van der Waals surface area contributed by atoms with E-state index in [2.05, 4.69) is 80.4 Å². The van der Waals surface area contributed by atoms with Gasteiger partial charge in [-0.05, 0) is 61.8 Å². The number of nitrogens with zero attached hydrogens (tertiary/aromatic N) is 8. The van der Waals surface area contributed by atoms with Gasteiger partial charge in [0.25, 0.3) is 0 Å². The number of carboxylic acid groups (broad SMARTS) is 1. The molecule has 1 amide bonds. The Morgan fingerprint density at radius 1 is 0.776 bits per heavy atom. The number of carbonyl (C=O) groups is 1. The summed E-state index contributed by atoms with van der Waals surface area (Å²) < 4.78 is 11.3. The normalized spacial score (nSPS) is 23.8. The third-order valence-electron chi connectivity index (χ3n) is 10.4. The lowest BCUT2D eigenvalue weighted by Gasteiger charge is -2.18. The number of ether oxygens (including phenoxy) is 1. The van der Waals surface area contributed by atoms with Crippen molar-refractivity contribution in [1.29, 1.82) is 0 Å². The fourth-order valence-electron chi connectivity index (χ4n) is 8.10. The lowest BCUT2D eigenvalue weighted by molar-refractivity contribution is -0.00877. The highest BCUT2D eigenvalue weighted by molar-refractivity contribution is 5.82. The van der Waals surface area contributed by atoms with Crippen molar-refractivity contribution in [3.8, 4) is 0 Å². The van der Waals surface area contributed by atoms with Crippen LogP contribution in [-0.4, -0.2) is 72.5 Å². The average molecular weight is 662 g/mol. The highest BCUT2D eigenvalue weighted by Crippen LogP contribution is 2.47. The van der Waals surface area contributed by atoms with Crippen LogP contribution in [0.5, 0.6) is 0 Å². The molecule has 2 fully saturated rings. The number of amides is 1. The molecule has 9 rings (SSSR count). The standard InChI is InChI=1S/C28H32N10O.C7H7NO2/c1-3-15-9-17(11-19(15)27-35-33-23-13-31-25-21(37(23)27)5-7-29-25)39-18-10-16(4-2)20(12-18)28-36-34-24-14-32-26-22(38(24)28)6-8-30-26;9-7(10)8-6-4-2-1-3-5-6/h5-8,13-20,29-30H,3-4,9-12H2,1-2H3;1-5,8H,(H,9,10)/t15-,16-,17+,18+,19+,20+;/m1./s1. The van der Waals surface area contributed by atoms with Gasteiger partial charge < -0.3 is 19.8 Å². The topological polar surface area (TPSA) is 176 Å². The van der Waals surface area contributed by atoms with Gasteiger partial charge >= 0.3 is 6.09 Å². The van der Waals surface area contributed by atoms with E-state index in [0.29, 0.717) is 29.4 Å². The number of benzene rings is 1. The Hall–Kier alpha value is -5.37. The van der Waals surface area contributed by atoms with Crippen LogP contribution in [0.15, 0.2) is 67.3 Å². The van der Waals surface area contributed by atoms with Gasteiger partial charge in [-0.3, -0.25) is 14.1 Å². The first-order valence-corrected chi connectivity index (χ1v) is 17.0. The molecule has 6 heterocycles. The van der Waals surface area contributed by atoms with Gasteiger partial charge in [0.2, 0.25) is 0 Å². The predicted octanol–water partition coefficient (Wildman–Crippen LogP) is 6.56. The van der Waals surface area contributed by atoms with Gasteiger partial charge in [-0.25, -0.2) is 14.8 Å². The van der Waals surface area contributed by atoms with Gasteiger partial charge in [-0.2, -0.15) is 0 Å². The average Bonchev–Trinajstić information content (AvgIpc) is 3.95. The van der Waals surface area contributed by atoms with Crippen LogP contribution in [0, 0.1) is 11.8 Å². The number of hydrogen-bond donors (Lipinski definition) is 4. The molecule has 6 atom stereocenters. The van der Waals surface area contributed by atoms with Gasteiger partial charge in [0.05, 0.1) is 35.6 Å². The molecule has 14 nitrogen and oxygen atoms in total. The Balaban J connectivity index is 0.000000302. The Morgan fingerprint density at radius 3 is 1.76 bits per heavy atom. The fraction of sp³-hybridized carbons (Fsp3) is 0.400. The van der Waals surface area contributed by atoms with Crippen molar-refractivity contribution in [2.24, 2.45) is 11.8 Å². The first-order chi connectivity index (χ1) is 24.0. The first kappa shape index (κ1) is 30.9. The number of aromatic amines is 2. The highest BCUT2D eigenvalue weighted by atomic mass is 16.5. The van der Waals surface area contributed by atoms with Crippen molar-refractivity contribution >= 4 is 45.4 Å². The summed E-state index contributed by atoms with van der Waals surface area (Å²) in [4.78, 5) is 25.5. The third kappa shape index (κ3) is 5.75. The van der Waals surface area contributed by atoms with Crippen molar-refractivity contribution in [3.05, 3.63) is 78.9 Å². The minimum absolute atomic E-state index is 0.216. The van der Waals surface area contributed by atoms with Crippen molar-refractivity contribution in [3.63, 3.8) is 0 Å². The SMILES string of the molecule is CC[C@@H]1C[C@H](O[C@H]2C[C@@H](CC)[C@@H](c3nnc4cnc5[nH]ccc5n34)C2)C[C@@H]1c1nnc2cnc3[nH]ccc3n12.O=C(O)Nc1ccccc1. The lowest BCUT2D eigenvalue weighted by Crippen LogP contribution is -2.18. The second kappa shape index (κ2) is 12.9. The zero-order valence-electron chi connectivity index (χ0n) is 27.4. The summed E-state index contributed by atoms with van der Waals surface area (Å²) in [7, 11) is 0. The van der Waals surface area contributed by atoms with Crippen LogP contribution < -0.4 is 5.32 Å². The Bertz CT molecular complexity index is 2090. The molecule has 49 heavy (non-hydrogen) atoms. The van der Waals surface area contributed by atoms with Crippen LogP contribution in [-0.2, 0) is 4.74 Å².